The number of hydrogen-bond acceptors (Lipinski definition) is 3. The van der Waals surface area contributed by atoms with Gasteiger partial charge < -0.3 is 9.94 Å². The molecule has 3 aromatic rings. The SMILES string of the molecule is COc1c(-n2nc3ccccc3[n+]2[O-])cc(C(C)(C)C)cc1C(C)(C)C. The third-order valence-electron chi connectivity index (χ3n) is 4.63. The van der Waals surface area contributed by atoms with Crippen molar-refractivity contribution in [1.29, 1.82) is 0 Å². The Morgan fingerprint density at radius 3 is 2.19 bits per heavy atom. The molecule has 138 valence electrons. The molecule has 0 bridgehead atoms. The van der Waals surface area contributed by atoms with Gasteiger partial charge in [-0.05, 0) is 39.4 Å². The summed E-state index contributed by atoms with van der Waals surface area (Å²) < 4.78 is 5.76. The van der Waals surface area contributed by atoms with E-state index in [1.54, 1.807) is 13.2 Å². The molecule has 0 aliphatic heterocycles. The fourth-order valence-corrected chi connectivity index (χ4v) is 3.07. The molecule has 0 spiro atoms. The van der Waals surface area contributed by atoms with Gasteiger partial charge in [0.15, 0.2) is 11.4 Å². The first-order chi connectivity index (χ1) is 12.0. The zero-order chi connectivity index (χ0) is 19.3. The lowest BCUT2D eigenvalue weighted by atomic mass is 9.79. The minimum atomic E-state index is -0.137. The molecule has 0 fully saturated rings. The lowest BCUT2D eigenvalue weighted by Crippen LogP contribution is -2.37. The van der Waals surface area contributed by atoms with Gasteiger partial charge in [0, 0.05) is 5.56 Å². The molecule has 5 nitrogen and oxygen atoms in total. The lowest BCUT2D eigenvalue weighted by Gasteiger charge is -2.28. The van der Waals surface area contributed by atoms with Crippen molar-refractivity contribution < 1.29 is 9.58 Å². The topological polar surface area (TPSA) is 54.0 Å². The second kappa shape index (κ2) is 6.01. The summed E-state index contributed by atoms with van der Waals surface area (Å²) in [6.45, 7) is 12.9. The van der Waals surface area contributed by atoms with E-state index in [1.165, 1.54) is 4.80 Å². The van der Waals surface area contributed by atoms with Gasteiger partial charge in [-0.15, -0.1) is 4.85 Å². The number of hydrogen-bond donors (Lipinski definition) is 0. The summed E-state index contributed by atoms with van der Waals surface area (Å²) in [6.07, 6.45) is 0. The highest BCUT2D eigenvalue weighted by Crippen LogP contribution is 2.39. The molecule has 0 unspecified atom stereocenters. The maximum atomic E-state index is 12.9. The fourth-order valence-electron chi connectivity index (χ4n) is 3.07. The van der Waals surface area contributed by atoms with Crippen LogP contribution in [0.15, 0.2) is 36.4 Å². The first kappa shape index (κ1) is 18.2. The largest absolute Gasteiger partial charge is 0.692 e. The summed E-state index contributed by atoms with van der Waals surface area (Å²) in [5.41, 5.74) is 3.84. The van der Waals surface area contributed by atoms with Crippen molar-refractivity contribution in [1.82, 2.24) is 9.90 Å². The van der Waals surface area contributed by atoms with Gasteiger partial charge in [0.25, 0.3) is 0 Å². The van der Waals surface area contributed by atoms with Crippen LogP contribution >= 0.6 is 0 Å². The van der Waals surface area contributed by atoms with Gasteiger partial charge in [-0.25, -0.2) is 0 Å². The molecule has 0 saturated heterocycles. The number of rotatable bonds is 2. The van der Waals surface area contributed by atoms with Crippen LogP contribution in [0.25, 0.3) is 16.7 Å². The highest BCUT2D eigenvalue weighted by molar-refractivity contribution is 5.70. The highest BCUT2D eigenvalue weighted by Gasteiger charge is 2.29. The Balaban J connectivity index is 2.40. The highest BCUT2D eigenvalue weighted by atomic mass is 16.5. The monoisotopic (exact) mass is 353 g/mol. The van der Waals surface area contributed by atoms with Gasteiger partial charge in [-0.2, -0.15) is 0 Å². The molecule has 26 heavy (non-hydrogen) atoms. The van der Waals surface area contributed by atoms with Crippen molar-refractivity contribution in [3.8, 4) is 11.4 Å². The Morgan fingerprint density at radius 1 is 1.00 bits per heavy atom. The minimum absolute atomic E-state index is 0.0681. The van der Waals surface area contributed by atoms with Crippen LogP contribution in [-0.4, -0.2) is 17.0 Å². The van der Waals surface area contributed by atoms with Crippen molar-refractivity contribution >= 4 is 11.0 Å². The van der Waals surface area contributed by atoms with E-state index in [0.717, 1.165) is 16.0 Å². The van der Waals surface area contributed by atoms with Crippen molar-refractivity contribution in [2.45, 2.75) is 52.4 Å². The molecule has 0 saturated carbocycles. The average Bonchev–Trinajstić information content (AvgIpc) is 2.89. The van der Waals surface area contributed by atoms with E-state index in [0.29, 0.717) is 22.5 Å². The predicted octanol–water partition coefficient (Wildman–Crippen LogP) is 4.26. The zero-order valence-corrected chi connectivity index (χ0v) is 16.6. The smallest absolute Gasteiger partial charge is 0.250 e. The van der Waals surface area contributed by atoms with Crippen LogP contribution in [0.5, 0.6) is 5.75 Å². The van der Waals surface area contributed by atoms with Crippen LogP contribution in [0, 0.1) is 5.21 Å². The normalized spacial score (nSPS) is 12.6. The van der Waals surface area contributed by atoms with E-state index in [-0.39, 0.29) is 10.8 Å². The molecular weight excluding hydrogens is 326 g/mol. The van der Waals surface area contributed by atoms with E-state index in [4.69, 9.17) is 4.74 Å². The van der Waals surface area contributed by atoms with Crippen LogP contribution in [0.2, 0.25) is 0 Å². The molecule has 0 aliphatic carbocycles. The summed E-state index contributed by atoms with van der Waals surface area (Å²) in [5.74, 6) is 0.683. The van der Waals surface area contributed by atoms with Crippen LogP contribution < -0.4 is 9.58 Å². The number of para-hydroxylation sites is 1. The second-order valence-corrected chi connectivity index (χ2v) is 8.73. The molecule has 0 N–H and O–H groups in total. The van der Waals surface area contributed by atoms with Gasteiger partial charge in [0.1, 0.15) is 0 Å². The molecule has 0 atom stereocenters. The van der Waals surface area contributed by atoms with Gasteiger partial charge in [0.2, 0.25) is 11.0 Å². The Kier molecular flexibility index (Phi) is 4.21. The van der Waals surface area contributed by atoms with Gasteiger partial charge >= 0.3 is 0 Å². The van der Waals surface area contributed by atoms with Gasteiger partial charge in [-0.3, -0.25) is 0 Å². The van der Waals surface area contributed by atoms with E-state index >= 15 is 0 Å². The maximum absolute atomic E-state index is 12.9. The van der Waals surface area contributed by atoms with E-state index in [1.807, 2.05) is 24.3 Å². The Hall–Kier alpha value is -2.56. The fraction of sp³-hybridized carbons (Fsp3) is 0.429. The number of methoxy groups -OCH3 is 1. The molecule has 1 heterocycles. The Bertz CT molecular complexity index is 960. The number of fused-ring (bicyclic) bond motifs is 1. The molecule has 0 amide bonds. The van der Waals surface area contributed by atoms with Crippen molar-refractivity contribution in [2.24, 2.45) is 0 Å². The zero-order valence-electron chi connectivity index (χ0n) is 16.6. The summed E-state index contributed by atoms with van der Waals surface area (Å²) in [7, 11) is 1.64. The van der Waals surface area contributed by atoms with Gasteiger partial charge in [-0.1, -0.05) is 59.7 Å². The summed E-state index contributed by atoms with van der Waals surface area (Å²) in [4.78, 5) is 2.22. The molecule has 3 rings (SSSR count). The third-order valence-corrected chi connectivity index (χ3v) is 4.63. The van der Waals surface area contributed by atoms with E-state index in [9.17, 15) is 5.21 Å². The molecule has 5 heteroatoms. The third kappa shape index (κ3) is 3.02. The lowest BCUT2D eigenvalue weighted by molar-refractivity contribution is -0.664. The van der Waals surface area contributed by atoms with E-state index in [2.05, 4.69) is 52.7 Å². The standard InChI is InChI=1S/C21H27N3O2/c1-20(2,3)14-12-15(21(4,5)6)19(26-7)18(13-14)23-22-16-10-8-9-11-17(16)24(23)25/h8-13H,1-7H3. The molecule has 1 aromatic heterocycles. The number of benzene rings is 2. The molecule has 0 radical (unpaired) electrons. The van der Waals surface area contributed by atoms with Crippen LogP contribution in [0.3, 0.4) is 0 Å². The van der Waals surface area contributed by atoms with Crippen LogP contribution in [0.1, 0.15) is 52.7 Å². The Labute approximate surface area is 154 Å². The van der Waals surface area contributed by atoms with Crippen molar-refractivity contribution in [3.05, 3.63) is 52.7 Å². The Morgan fingerprint density at radius 2 is 1.65 bits per heavy atom. The maximum Gasteiger partial charge on any atom is 0.250 e. The van der Waals surface area contributed by atoms with Crippen molar-refractivity contribution in [2.75, 3.05) is 7.11 Å². The molecular formula is C21H27N3O2. The second-order valence-electron chi connectivity index (χ2n) is 8.73. The number of ether oxygens (including phenoxy) is 1. The number of nitrogens with zero attached hydrogens (tertiary/aromatic N) is 3. The summed E-state index contributed by atoms with van der Waals surface area (Å²) in [5, 5.41) is 17.4. The minimum Gasteiger partial charge on any atom is -0.692 e. The van der Waals surface area contributed by atoms with Gasteiger partial charge in [0.05, 0.1) is 12.2 Å². The first-order valence-corrected chi connectivity index (χ1v) is 8.85. The predicted molar refractivity (Wildman–Crippen MR) is 104 cm³/mol. The molecule has 2 aromatic carbocycles. The summed E-state index contributed by atoms with van der Waals surface area (Å²) >= 11 is 0. The van der Waals surface area contributed by atoms with Crippen molar-refractivity contribution in [3.63, 3.8) is 0 Å². The van der Waals surface area contributed by atoms with E-state index < -0.39 is 0 Å². The number of aromatic nitrogens is 3. The van der Waals surface area contributed by atoms with Crippen LogP contribution in [-0.2, 0) is 10.8 Å². The quantitative estimate of drug-likeness (QED) is 0.511. The van der Waals surface area contributed by atoms with Crippen LogP contribution in [0.4, 0.5) is 0 Å². The average molecular weight is 353 g/mol. The molecule has 0 aliphatic rings. The first-order valence-electron chi connectivity index (χ1n) is 8.85. The summed E-state index contributed by atoms with van der Waals surface area (Å²) in [6, 6.07) is 11.5.